The topological polar surface area (TPSA) is 602 Å². The number of esters is 1. The minimum absolute atomic E-state index is 0.0883. The second-order valence-corrected chi connectivity index (χ2v) is 30.5. The average molecular weight is 1600 g/mol. The van der Waals surface area contributed by atoms with Crippen LogP contribution in [-0.2, 0) is 94.5 Å². The maximum Gasteiger partial charge on any atom is 0.474 e. The summed E-state index contributed by atoms with van der Waals surface area (Å²) in [4.78, 5) is 102. The van der Waals surface area contributed by atoms with Crippen LogP contribution in [-0.4, -0.2) is 298 Å². The van der Waals surface area contributed by atoms with Crippen LogP contribution in [0.2, 0.25) is 0 Å². The molecule has 0 saturated carbocycles. The number of ketones is 1. The number of rotatable bonds is 37. The molecule has 0 bridgehead atoms. The fourth-order valence-electron chi connectivity index (χ4n) is 12.7. The van der Waals surface area contributed by atoms with Gasteiger partial charge in [-0.2, -0.15) is 0 Å². The Morgan fingerprint density at radius 2 is 1.30 bits per heavy atom. The summed E-state index contributed by atoms with van der Waals surface area (Å²) in [5, 5.41) is 150. The molecule has 0 aromatic carbocycles. The number of amides is 4. The van der Waals surface area contributed by atoms with E-state index in [-0.39, 0.29) is 31.3 Å². The van der Waals surface area contributed by atoms with Crippen LogP contribution >= 0.6 is 7.82 Å². The van der Waals surface area contributed by atoms with Crippen molar-refractivity contribution in [1.29, 1.82) is 0 Å². The molecule has 39 nitrogen and oxygen atoms in total. The lowest BCUT2D eigenvalue weighted by Crippen LogP contribution is -2.72. The molecule has 4 amide bonds. The molecular formula is C70H109N4O35P. The van der Waals surface area contributed by atoms with Gasteiger partial charge in [-0.05, 0) is 98.3 Å². The lowest BCUT2D eigenvalue weighted by molar-refractivity contribution is -0.375. The van der Waals surface area contributed by atoms with Gasteiger partial charge in [-0.15, -0.1) is 0 Å². The highest BCUT2D eigenvalue weighted by atomic mass is 31.2. The molecule has 0 aromatic heterocycles. The number of nitrogens with one attached hydrogen (secondary N) is 3. The predicted octanol–water partition coefficient (Wildman–Crippen LogP) is -1.60. The number of allylic oxidation sites excluding steroid dienone is 10. The number of hydrogen-bond acceptors (Lipinski definition) is 33. The maximum absolute atomic E-state index is 13.9. The number of carbonyl (C=O) groups excluding carboxylic acids is 6. The first kappa shape index (κ1) is 92.7. The number of phosphoric ester groups is 1. The third-order valence-electron chi connectivity index (χ3n) is 19.0. The molecule has 6 rings (SSSR count). The largest absolute Gasteiger partial charge is 0.510 e. The summed E-state index contributed by atoms with van der Waals surface area (Å²) in [6.07, 6.45) is -35.5. The van der Waals surface area contributed by atoms with Crippen molar-refractivity contribution in [1.82, 2.24) is 16.0 Å². The lowest BCUT2D eigenvalue weighted by atomic mass is 9.85. The van der Waals surface area contributed by atoms with E-state index in [1.54, 1.807) is 0 Å². The summed E-state index contributed by atoms with van der Waals surface area (Å²) >= 11 is 0. The number of primary amides is 1. The van der Waals surface area contributed by atoms with Gasteiger partial charge in [0.05, 0.1) is 32.5 Å². The molecule has 0 spiro atoms. The fraction of sp³-hybridized carbons (Fsp3) is 0.729. The van der Waals surface area contributed by atoms with E-state index in [2.05, 4.69) is 81.5 Å². The van der Waals surface area contributed by atoms with Crippen LogP contribution in [0.4, 0.5) is 4.79 Å². The van der Waals surface area contributed by atoms with Crippen LogP contribution in [0.1, 0.15) is 133 Å². The van der Waals surface area contributed by atoms with Crippen LogP contribution in [0, 0.1) is 5.41 Å². The number of Topliss-reactive ketones (excluding diaryl/α,β-unsaturated/α-hetero) is 1. The van der Waals surface area contributed by atoms with Crippen LogP contribution in [0.15, 0.2) is 70.7 Å². The number of aliphatic hydroxyl groups excluding tert-OH is 11. The first-order valence-corrected chi connectivity index (χ1v) is 37.3. The van der Waals surface area contributed by atoms with Gasteiger partial charge in [0.15, 0.2) is 67.8 Å². The van der Waals surface area contributed by atoms with E-state index in [9.17, 15) is 109 Å². The Balaban J connectivity index is 1.20. The Kier molecular flexibility index (Phi) is 34.7. The van der Waals surface area contributed by atoms with Crippen molar-refractivity contribution in [2.24, 2.45) is 11.1 Å². The molecule has 5 aliphatic heterocycles. The lowest BCUT2D eigenvalue weighted by Gasteiger charge is -2.51. The maximum atomic E-state index is 13.9. The summed E-state index contributed by atoms with van der Waals surface area (Å²) in [7, 11) is -5.89. The summed E-state index contributed by atoms with van der Waals surface area (Å²) in [6, 6.07) is -4.03. The zero-order valence-corrected chi connectivity index (χ0v) is 63.7. The number of aliphatic carboxylic acids is 1. The van der Waals surface area contributed by atoms with Gasteiger partial charge < -0.3 is 145 Å². The van der Waals surface area contributed by atoms with Gasteiger partial charge in [0.25, 0.3) is 5.91 Å². The minimum atomic E-state index is -5.89. The number of carboxylic acid groups (broad SMARTS) is 1. The van der Waals surface area contributed by atoms with Crippen molar-refractivity contribution in [3.05, 3.63) is 70.7 Å². The summed E-state index contributed by atoms with van der Waals surface area (Å²) in [5.74, 6) is -7.85. The van der Waals surface area contributed by atoms with E-state index in [0.717, 1.165) is 57.1 Å². The van der Waals surface area contributed by atoms with Crippen molar-refractivity contribution in [2.45, 2.75) is 292 Å². The number of nitrogens with two attached hydrogens (primary N) is 1. The molecule has 0 aromatic rings. The molecule has 110 heavy (non-hydrogen) atoms. The van der Waals surface area contributed by atoms with Crippen molar-refractivity contribution in [3.63, 3.8) is 0 Å². The SMILES string of the molecule is C=C(C/C=C(\C)CCC=C(C)C)CCC(C)(C)/C=C/CC/C(C)=C/CCOC(=O)[C@H](O)COP(=O)(O)O[C@H]1O[C@H](C(=O)O)[C@@](C)(O)[C@H](OC(N)=O)[C@H]1O[C@@H]1O[C@H](CO[C@@H]2O[C@H](CO)[C@@H](O)[C@H](O)[C@H]2O)[C@@H](O[C@@H]2O[C@H](C)[C@@H](O[C@@H]3O[C@H](C(=O)NC4=C(O)CCC4=O)[C@H](O)[C@H](O)[C@H]3O)[C@H](O)[C@H]2NC(C)=O)[C@H](O)[C@H]1NC(C)=O. The van der Waals surface area contributed by atoms with Crippen LogP contribution in [0.3, 0.4) is 0 Å². The Morgan fingerprint density at radius 3 is 1.90 bits per heavy atom. The zero-order chi connectivity index (χ0) is 82.2. The Morgan fingerprint density at radius 1 is 0.718 bits per heavy atom. The Bertz CT molecular complexity index is 3380. The highest BCUT2D eigenvalue weighted by molar-refractivity contribution is 7.47. The molecule has 6 aliphatic rings. The van der Waals surface area contributed by atoms with Crippen LogP contribution in [0.5, 0.6) is 0 Å². The first-order chi connectivity index (χ1) is 51.4. The van der Waals surface area contributed by atoms with Gasteiger partial charge >= 0.3 is 25.9 Å². The molecule has 5 fully saturated rings. The second kappa shape index (κ2) is 41.2. The van der Waals surface area contributed by atoms with E-state index in [1.165, 1.54) is 18.1 Å². The molecule has 1 unspecified atom stereocenters. The Labute approximate surface area is 634 Å². The van der Waals surface area contributed by atoms with Crippen molar-refractivity contribution < 1.29 is 171 Å². The van der Waals surface area contributed by atoms with E-state index < -0.39 is 240 Å². The average Bonchev–Trinajstić information content (AvgIpc) is 0.801. The highest BCUT2D eigenvalue weighted by Crippen LogP contribution is 2.49. The highest BCUT2D eigenvalue weighted by Gasteiger charge is 2.63. The smallest absolute Gasteiger partial charge is 0.474 e. The molecule has 40 heteroatoms. The third kappa shape index (κ3) is 25.7. The zero-order valence-electron chi connectivity index (χ0n) is 62.8. The van der Waals surface area contributed by atoms with Gasteiger partial charge in [0.2, 0.25) is 11.8 Å². The summed E-state index contributed by atoms with van der Waals surface area (Å²) in [5.41, 5.74) is 6.50. The van der Waals surface area contributed by atoms with Crippen LogP contribution in [0.25, 0.3) is 0 Å². The molecule has 5 heterocycles. The summed E-state index contributed by atoms with van der Waals surface area (Å²) < 4.78 is 87.7. The van der Waals surface area contributed by atoms with Gasteiger partial charge in [-0.3, -0.25) is 28.2 Å². The van der Waals surface area contributed by atoms with Gasteiger partial charge in [-0.25, -0.2) is 18.9 Å². The van der Waals surface area contributed by atoms with Crippen molar-refractivity contribution >= 4 is 49.4 Å². The fourth-order valence-corrected chi connectivity index (χ4v) is 13.6. The number of ether oxygens (including phenoxy) is 11. The normalized spacial score (nSPS) is 35.4. The van der Waals surface area contributed by atoms with Crippen molar-refractivity contribution in [2.75, 3.05) is 26.4 Å². The molecule has 624 valence electrons. The van der Waals surface area contributed by atoms with E-state index in [4.69, 9.17) is 66.9 Å². The number of carbonyl (C=O) groups is 7. The molecule has 1 aliphatic carbocycles. The van der Waals surface area contributed by atoms with Gasteiger partial charge in [0.1, 0.15) is 102 Å². The number of aliphatic hydroxyl groups is 12. The number of hydrogen-bond donors (Lipinski definition) is 18. The number of phosphoric acid groups is 1. The molecule has 27 atom stereocenters. The predicted molar refractivity (Wildman–Crippen MR) is 374 cm³/mol. The summed E-state index contributed by atoms with van der Waals surface area (Å²) in [6.45, 7) is 16.8. The van der Waals surface area contributed by atoms with E-state index in [1.807, 2.05) is 13.0 Å². The minimum Gasteiger partial charge on any atom is -0.510 e. The van der Waals surface area contributed by atoms with Crippen molar-refractivity contribution in [3.8, 4) is 0 Å². The second-order valence-electron chi connectivity index (χ2n) is 29.1. The van der Waals surface area contributed by atoms with E-state index >= 15 is 0 Å². The van der Waals surface area contributed by atoms with Crippen LogP contribution < -0.4 is 21.7 Å². The molecule has 5 saturated heterocycles. The monoisotopic (exact) mass is 1600 g/mol. The quantitative estimate of drug-likeness (QED) is 0.0144. The first-order valence-electron chi connectivity index (χ1n) is 35.8. The third-order valence-corrected chi connectivity index (χ3v) is 19.9. The van der Waals surface area contributed by atoms with Gasteiger partial charge in [0, 0.05) is 26.7 Å². The Hall–Kier alpha value is -6.16. The van der Waals surface area contributed by atoms with Gasteiger partial charge in [-0.1, -0.05) is 73.1 Å². The molecular weight excluding hydrogens is 1490 g/mol. The molecule has 0 radical (unpaired) electrons. The van der Waals surface area contributed by atoms with E-state index in [0.29, 0.717) is 19.8 Å². The molecule has 19 N–H and O–H groups in total. The standard InChI is InChI=1S/C70H109N4O35P/c1-31(2)16-14-18-33(4)20-21-34(5)24-26-69(9,10)25-13-12-17-32(3)19-15-27-97-62(92)40(80)29-99-110(95,96)109-67-57(58(108-68(71)93)70(11,94)59(107-67)61(90)91)106-64-45(73-37(8)77)48(83)55(42(102-64)30-98-65-52(87)49(84)46(81)41(28-75)101-65)104-63-44(72-36(7)76)47(82)54(35(6)100-63)103-66-53(88)50(85)51(86)56(105-66)60(89)74-43-38(78)22-23-39(43)79/h13,16,19-20,25,35,40-42,44-59,63-67,75,78,80-88,94H,5,12,14-15,17-18,21-24,26-30H2,1-4,6-11H3,(H2,71,93)(H,72,76)(H,73,77)(H,74,89)(H,90,91)(H,95,96)/b25-13+,32-19+,33-20+/t35-,40-,41-,42-,44-,45-,46-,47-,48-,49+,50+,51-,52-,53-,54-,55-,56+,57-,58-,59-,63+,64+,65-,66-,67-,70+/m1/s1. The number of carboxylic acids is 1.